The van der Waals surface area contributed by atoms with Crippen molar-refractivity contribution >= 4 is 0 Å². The number of hydrogen-bond donors (Lipinski definition) is 1. The van der Waals surface area contributed by atoms with Crippen molar-refractivity contribution in [2.75, 3.05) is 26.9 Å². The van der Waals surface area contributed by atoms with E-state index in [0.29, 0.717) is 13.2 Å². The highest BCUT2D eigenvalue weighted by Crippen LogP contribution is 1.99. The van der Waals surface area contributed by atoms with Gasteiger partial charge in [-0.25, -0.2) is 0 Å². The van der Waals surface area contributed by atoms with E-state index in [2.05, 4.69) is 6.58 Å². The van der Waals surface area contributed by atoms with Crippen LogP contribution in [0, 0.1) is 0 Å². The topological polar surface area (TPSA) is 38.7 Å². The Morgan fingerprint density at radius 3 is 2.77 bits per heavy atom. The van der Waals surface area contributed by atoms with E-state index in [1.807, 2.05) is 6.08 Å². The number of aliphatic hydroxyl groups excluding tert-OH is 1. The Hall–Kier alpha value is -0.380. The summed E-state index contributed by atoms with van der Waals surface area (Å²) in [6, 6.07) is 0. The summed E-state index contributed by atoms with van der Waals surface area (Å²) in [6.07, 6.45) is 4.85. The van der Waals surface area contributed by atoms with E-state index in [4.69, 9.17) is 14.6 Å². The number of rotatable bonds is 9. The van der Waals surface area contributed by atoms with Gasteiger partial charge >= 0.3 is 0 Å². The SMILES string of the molecule is C=CCCCCOC(CO)COC. The highest BCUT2D eigenvalue weighted by Gasteiger charge is 2.05. The largest absolute Gasteiger partial charge is 0.394 e. The van der Waals surface area contributed by atoms with E-state index < -0.39 is 0 Å². The van der Waals surface area contributed by atoms with Crippen LogP contribution in [-0.2, 0) is 9.47 Å². The molecule has 3 heteroatoms. The fourth-order valence-electron chi connectivity index (χ4n) is 0.980. The van der Waals surface area contributed by atoms with Crippen LogP contribution in [0.5, 0.6) is 0 Å². The molecule has 0 spiro atoms. The van der Waals surface area contributed by atoms with Crippen molar-refractivity contribution in [1.29, 1.82) is 0 Å². The van der Waals surface area contributed by atoms with Crippen molar-refractivity contribution in [3.63, 3.8) is 0 Å². The van der Waals surface area contributed by atoms with E-state index >= 15 is 0 Å². The van der Waals surface area contributed by atoms with Crippen LogP contribution in [0.3, 0.4) is 0 Å². The van der Waals surface area contributed by atoms with Crippen LogP contribution in [0.2, 0.25) is 0 Å². The summed E-state index contributed by atoms with van der Waals surface area (Å²) < 4.78 is 10.2. The lowest BCUT2D eigenvalue weighted by molar-refractivity contribution is -0.0319. The zero-order chi connectivity index (χ0) is 9.94. The van der Waals surface area contributed by atoms with Crippen molar-refractivity contribution in [3.05, 3.63) is 12.7 Å². The Morgan fingerprint density at radius 2 is 2.23 bits per heavy atom. The number of aliphatic hydroxyl groups is 1. The van der Waals surface area contributed by atoms with E-state index in [9.17, 15) is 0 Å². The third-order valence-electron chi connectivity index (χ3n) is 1.71. The molecule has 0 bridgehead atoms. The van der Waals surface area contributed by atoms with Crippen molar-refractivity contribution in [2.24, 2.45) is 0 Å². The number of unbranched alkanes of at least 4 members (excludes halogenated alkanes) is 2. The first-order chi connectivity index (χ1) is 6.35. The van der Waals surface area contributed by atoms with Gasteiger partial charge in [0.25, 0.3) is 0 Å². The van der Waals surface area contributed by atoms with E-state index in [0.717, 1.165) is 19.3 Å². The van der Waals surface area contributed by atoms with Gasteiger partial charge in [0, 0.05) is 13.7 Å². The second-order valence-electron chi connectivity index (χ2n) is 2.92. The molecule has 0 aromatic rings. The van der Waals surface area contributed by atoms with E-state index in [1.165, 1.54) is 0 Å². The van der Waals surface area contributed by atoms with Crippen molar-refractivity contribution < 1.29 is 14.6 Å². The van der Waals surface area contributed by atoms with Crippen molar-refractivity contribution in [3.8, 4) is 0 Å². The molecule has 1 N–H and O–H groups in total. The molecule has 0 saturated heterocycles. The molecule has 0 aliphatic carbocycles. The van der Waals surface area contributed by atoms with Crippen LogP contribution < -0.4 is 0 Å². The molecule has 0 aromatic heterocycles. The quantitative estimate of drug-likeness (QED) is 0.438. The molecular weight excluding hydrogens is 168 g/mol. The van der Waals surface area contributed by atoms with Gasteiger partial charge < -0.3 is 14.6 Å². The van der Waals surface area contributed by atoms with Crippen LogP contribution in [0.1, 0.15) is 19.3 Å². The fraction of sp³-hybridized carbons (Fsp3) is 0.800. The third-order valence-corrected chi connectivity index (χ3v) is 1.71. The summed E-state index contributed by atoms with van der Waals surface area (Å²) in [5, 5.41) is 8.84. The minimum atomic E-state index is -0.172. The van der Waals surface area contributed by atoms with Gasteiger partial charge in [-0.15, -0.1) is 6.58 Å². The first-order valence-corrected chi connectivity index (χ1v) is 4.67. The summed E-state index contributed by atoms with van der Waals surface area (Å²) in [7, 11) is 1.60. The highest BCUT2D eigenvalue weighted by molar-refractivity contribution is 4.65. The van der Waals surface area contributed by atoms with Crippen LogP contribution in [-0.4, -0.2) is 38.1 Å². The van der Waals surface area contributed by atoms with Gasteiger partial charge in [0.1, 0.15) is 6.10 Å². The van der Waals surface area contributed by atoms with Crippen LogP contribution >= 0.6 is 0 Å². The zero-order valence-corrected chi connectivity index (χ0v) is 8.37. The second-order valence-corrected chi connectivity index (χ2v) is 2.92. The Morgan fingerprint density at radius 1 is 1.46 bits per heavy atom. The summed E-state index contributed by atoms with van der Waals surface area (Å²) in [5.41, 5.74) is 0. The Balaban J connectivity index is 3.22. The van der Waals surface area contributed by atoms with Crippen LogP contribution in [0.25, 0.3) is 0 Å². The van der Waals surface area contributed by atoms with Gasteiger partial charge in [-0.1, -0.05) is 6.08 Å². The average Bonchev–Trinajstić information content (AvgIpc) is 2.16. The molecule has 0 saturated carbocycles. The van der Waals surface area contributed by atoms with Gasteiger partial charge in [-0.3, -0.25) is 0 Å². The summed E-state index contributed by atoms with van der Waals surface area (Å²) in [5.74, 6) is 0. The molecule has 0 aliphatic rings. The Labute approximate surface area is 80.4 Å². The summed E-state index contributed by atoms with van der Waals surface area (Å²) >= 11 is 0. The standard InChI is InChI=1S/C10H20O3/c1-3-4-5-6-7-13-10(8-11)9-12-2/h3,10-11H,1,4-9H2,2H3. The number of ether oxygens (including phenoxy) is 2. The minimum absolute atomic E-state index is 0.0231. The lowest BCUT2D eigenvalue weighted by Crippen LogP contribution is -2.23. The molecule has 1 atom stereocenters. The fourth-order valence-corrected chi connectivity index (χ4v) is 0.980. The molecule has 0 rings (SSSR count). The van der Waals surface area contributed by atoms with Crippen LogP contribution in [0.4, 0.5) is 0 Å². The molecule has 0 heterocycles. The molecule has 13 heavy (non-hydrogen) atoms. The number of allylic oxidation sites excluding steroid dienone is 1. The lowest BCUT2D eigenvalue weighted by Gasteiger charge is -2.13. The Bertz CT molecular complexity index is 115. The first-order valence-electron chi connectivity index (χ1n) is 4.67. The maximum Gasteiger partial charge on any atom is 0.104 e. The van der Waals surface area contributed by atoms with Gasteiger partial charge in [0.05, 0.1) is 13.2 Å². The molecule has 0 fully saturated rings. The predicted octanol–water partition coefficient (Wildman–Crippen LogP) is 1.37. The average molecular weight is 188 g/mol. The normalized spacial score (nSPS) is 12.8. The molecule has 0 amide bonds. The van der Waals surface area contributed by atoms with Crippen molar-refractivity contribution in [1.82, 2.24) is 0 Å². The predicted molar refractivity (Wildman–Crippen MR) is 52.7 cm³/mol. The second kappa shape index (κ2) is 9.71. The molecule has 0 aliphatic heterocycles. The van der Waals surface area contributed by atoms with Gasteiger partial charge in [0.15, 0.2) is 0 Å². The molecule has 78 valence electrons. The highest BCUT2D eigenvalue weighted by atomic mass is 16.5. The minimum Gasteiger partial charge on any atom is -0.394 e. The number of hydrogen-bond acceptors (Lipinski definition) is 3. The van der Waals surface area contributed by atoms with E-state index in [-0.39, 0.29) is 12.7 Å². The van der Waals surface area contributed by atoms with Crippen molar-refractivity contribution in [2.45, 2.75) is 25.4 Å². The maximum atomic E-state index is 8.84. The molecule has 0 aromatic carbocycles. The smallest absolute Gasteiger partial charge is 0.104 e. The van der Waals surface area contributed by atoms with Gasteiger partial charge in [-0.05, 0) is 19.3 Å². The van der Waals surface area contributed by atoms with E-state index in [1.54, 1.807) is 7.11 Å². The van der Waals surface area contributed by atoms with Gasteiger partial charge in [0.2, 0.25) is 0 Å². The monoisotopic (exact) mass is 188 g/mol. The molecular formula is C10H20O3. The Kier molecular flexibility index (Phi) is 9.42. The third kappa shape index (κ3) is 7.96. The molecule has 1 unspecified atom stereocenters. The maximum absolute atomic E-state index is 8.84. The first kappa shape index (κ1) is 12.6. The zero-order valence-electron chi connectivity index (χ0n) is 8.37. The molecule has 0 radical (unpaired) electrons. The van der Waals surface area contributed by atoms with Crippen LogP contribution in [0.15, 0.2) is 12.7 Å². The lowest BCUT2D eigenvalue weighted by atomic mass is 10.2. The molecule has 3 nitrogen and oxygen atoms in total. The summed E-state index contributed by atoms with van der Waals surface area (Å²) in [6.45, 7) is 4.80. The number of methoxy groups -OCH3 is 1. The summed E-state index contributed by atoms with van der Waals surface area (Å²) in [4.78, 5) is 0. The van der Waals surface area contributed by atoms with Gasteiger partial charge in [-0.2, -0.15) is 0 Å².